The number of aromatic nitrogens is 4. The number of H-pyrrole nitrogens is 2. The Kier molecular flexibility index (Phi) is 4.92. The van der Waals surface area contributed by atoms with Crippen LogP contribution >= 0.6 is 0 Å². The summed E-state index contributed by atoms with van der Waals surface area (Å²) in [5.74, 6) is 0.891. The lowest BCUT2D eigenvalue weighted by Gasteiger charge is -2.14. The zero-order chi connectivity index (χ0) is 14.4. The van der Waals surface area contributed by atoms with Crippen LogP contribution in [-0.4, -0.2) is 26.1 Å². The number of hydrogen-bond donors (Lipinski definition) is 3. The summed E-state index contributed by atoms with van der Waals surface area (Å²) in [6, 6.07) is -0.0369. The largest absolute Gasteiger partial charge is 0.346 e. The zero-order valence-corrected chi connectivity index (χ0v) is 11.9. The molecule has 2 aromatic heterocycles. The number of hydrogen-bond acceptors (Lipinski definition) is 3. The molecule has 0 aliphatic heterocycles. The SMILES string of the molecule is CCC(NC(=O)CCCc1cn[nH]c1)c1ncc(C)[nH]1. The topological polar surface area (TPSA) is 86.5 Å². The number of amides is 1. The normalized spacial score (nSPS) is 12.3. The Balaban J connectivity index is 1.77. The Hall–Kier alpha value is -2.11. The second-order valence-electron chi connectivity index (χ2n) is 4.94. The van der Waals surface area contributed by atoms with Crippen LogP contribution < -0.4 is 5.32 Å². The van der Waals surface area contributed by atoms with Crippen molar-refractivity contribution in [3.8, 4) is 0 Å². The van der Waals surface area contributed by atoms with Crippen molar-refractivity contribution < 1.29 is 4.79 Å². The molecule has 2 rings (SSSR count). The number of rotatable bonds is 7. The van der Waals surface area contributed by atoms with Gasteiger partial charge in [-0.2, -0.15) is 5.10 Å². The van der Waals surface area contributed by atoms with Gasteiger partial charge in [-0.25, -0.2) is 4.98 Å². The van der Waals surface area contributed by atoms with Crippen LogP contribution in [0.2, 0.25) is 0 Å². The average Bonchev–Trinajstić information content (AvgIpc) is 3.07. The van der Waals surface area contributed by atoms with Gasteiger partial charge >= 0.3 is 0 Å². The molecule has 108 valence electrons. The van der Waals surface area contributed by atoms with E-state index in [9.17, 15) is 4.79 Å². The van der Waals surface area contributed by atoms with Crippen LogP contribution in [0.15, 0.2) is 18.6 Å². The molecule has 0 spiro atoms. The zero-order valence-electron chi connectivity index (χ0n) is 11.9. The first-order chi connectivity index (χ1) is 9.69. The van der Waals surface area contributed by atoms with Gasteiger partial charge in [-0.05, 0) is 31.7 Å². The summed E-state index contributed by atoms with van der Waals surface area (Å²) < 4.78 is 0. The van der Waals surface area contributed by atoms with E-state index in [2.05, 4.69) is 25.5 Å². The van der Waals surface area contributed by atoms with Crippen LogP contribution in [0.25, 0.3) is 0 Å². The Bertz CT molecular complexity index is 532. The van der Waals surface area contributed by atoms with Gasteiger partial charge in [0.15, 0.2) is 0 Å². The van der Waals surface area contributed by atoms with Crippen LogP contribution in [0.5, 0.6) is 0 Å². The van der Waals surface area contributed by atoms with Gasteiger partial charge in [0.2, 0.25) is 5.91 Å². The van der Waals surface area contributed by atoms with E-state index in [1.165, 1.54) is 0 Å². The molecule has 6 heteroatoms. The summed E-state index contributed by atoms with van der Waals surface area (Å²) >= 11 is 0. The fourth-order valence-corrected chi connectivity index (χ4v) is 2.11. The highest BCUT2D eigenvalue weighted by molar-refractivity contribution is 5.76. The lowest BCUT2D eigenvalue weighted by molar-refractivity contribution is -0.122. The van der Waals surface area contributed by atoms with Crippen molar-refractivity contribution in [2.75, 3.05) is 0 Å². The summed E-state index contributed by atoms with van der Waals surface area (Å²) in [6.07, 6.45) is 8.45. The van der Waals surface area contributed by atoms with E-state index < -0.39 is 0 Å². The molecule has 3 N–H and O–H groups in total. The molecule has 0 fully saturated rings. The summed E-state index contributed by atoms with van der Waals surface area (Å²) in [7, 11) is 0. The standard InChI is InChI=1S/C14H21N5O/c1-3-12(14-15-7-10(2)18-14)19-13(20)6-4-5-11-8-16-17-9-11/h7-9,12H,3-6H2,1-2H3,(H,15,18)(H,16,17)(H,19,20). The first-order valence-corrected chi connectivity index (χ1v) is 6.97. The second kappa shape index (κ2) is 6.88. The summed E-state index contributed by atoms with van der Waals surface area (Å²) in [6.45, 7) is 3.99. The molecule has 1 amide bonds. The molecular formula is C14H21N5O. The van der Waals surface area contributed by atoms with Gasteiger partial charge in [-0.15, -0.1) is 0 Å². The van der Waals surface area contributed by atoms with E-state index in [1.54, 1.807) is 12.4 Å². The van der Waals surface area contributed by atoms with Crippen molar-refractivity contribution >= 4 is 5.91 Å². The van der Waals surface area contributed by atoms with Gasteiger partial charge in [-0.3, -0.25) is 9.89 Å². The van der Waals surface area contributed by atoms with Crippen molar-refractivity contribution in [3.05, 3.63) is 35.7 Å². The molecule has 2 aromatic rings. The quantitative estimate of drug-likeness (QED) is 0.722. The minimum atomic E-state index is -0.0369. The number of carbonyl (C=O) groups is 1. The van der Waals surface area contributed by atoms with Crippen molar-refractivity contribution in [2.45, 2.75) is 45.6 Å². The number of aromatic amines is 2. The third-order valence-corrected chi connectivity index (χ3v) is 3.22. The number of carbonyl (C=O) groups excluding carboxylic acids is 1. The molecule has 0 aliphatic rings. The highest BCUT2D eigenvalue weighted by atomic mass is 16.1. The first-order valence-electron chi connectivity index (χ1n) is 6.97. The van der Waals surface area contributed by atoms with Crippen molar-refractivity contribution in [1.82, 2.24) is 25.5 Å². The van der Waals surface area contributed by atoms with E-state index in [0.29, 0.717) is 6.42 Å². The third-order valence-electron chi connectivity index (χ3n) is 3.22. The summed E-state index contributed by atoms with van der Waals surface area (Å²) in [5, 5.41) is 9.68. The van der Waals surface area contributed by atoms with Crippen LogP contribution in [-0.2, 0) is 11.2 Å². The predicted octanol–water partition coefficient (Wildman–Crippen LogP) is 2.03. The number of nitrogens with one attached hydrogen (secondary N) is 3. The van der Waals surface area contributed by atoms with Gasteiger partial charge in [0.25, 0.3) is 0 Å². The monoisotopic (exact) mass is 275 g/mol. The van der Waals surface area contributed by atoms with Crippen LogP contribution in [0.1, 0.15) is 49.3 Å². The highest BCUT2D eigenvalue weighted by Gasteiger charge is 2.15. The first kappa shape index (κ1) is 14.3. The lowest BCUT2D eigenvalue weighted by atomic mass is 10.1. The van der Waals surface area contributed by atoms with Gasteiger partial charge < -0.3 is 10.3 Å². The highest BCUT2D eigenvalue weighted by Crippen LogP contribution is 2.13. The number of nitrogens with zero attached hydrogens (tertiary/aromatic N) is 2. The maximum atomic E-state index is 11.9. The molecule has 20 heavy (non-hydrogen) atoms. The molecule has 0 aliphatic carbocycles. The molecule has 2 heterocycles. The molecule has 1 unspecified atom stereocenters. The molecule has 0 aromatic carbocycles. The van der Waals surface area contributed by atoms with Crippen LogP contribution in [0.3, 0.4) is 0 Å². The minimum Gasteiger partial charge on any atom is -0.346 e. The van der Waals surface area contributed by atoms with E-state index in [1.807, 2.05) is 20.0 Å². The lowest BCUT2D eigenvalue weighted by Crippen LogP contribution is -2.28. The van der Waals surface area contributed by atoms with Crippen molar-refractivity contribution in [3.63, 3.8) is 0 Å². The average molecular weight is 275 g/mol. The Morgan fingerprint density at radius 3 is 2.90 bits per heavy atom. The molecule has 0 saturated heterocycles. The van der Waals surface area contributed by atoms with E-state index in [-0.39, 0.29) is 11.9 Å². The maximum Gasteiger partial charge on any atom is 0.220 e. The van der Waals surface area contributed by atoms with Crippen LogP contribution in [0, 0.1) is 6.92 Å². The summed E-state index contributed by atoms with van der Waals surface area (Å²) in [4.78, 5) is 19.4. The predicted molar refractivity (Wildman–Crippen MR) is 76.0 cm³/mol. The second-order valence-corrected chi connectivity index (χ2v) is 4.94. The van der Waals surface area contributed by atoms with E-state index >= 15 is 0 Å². The van der Waals surface area contributed by atoms with Crippen molar-refractivity contribution in [1.29, 1.82) is 0 Å². The minimum absolute atomic E-state index is 0.0369. The third kappa shape index (κ3) is 3.94. The molecular weight excluding hydrogens is 254 g/mol. The molecule has 6 nitrogen and oxygen atoms in total. The van der Waals surface area contributed by atoms with Crippen LogP contribution in [0.4, 0.5) is 0 Å². The van der Waals surface area contributed by atoms with Gasteiger partial charge in [0, 0.05) is 24.5 Å². The molecule has 0 radical (unpaired) electrons. The Morgan fingerprint density at radius 1 is 1.45 bits per heavy atom. The van der Waals surface area contributed by atoms with Crippen molar-refractivity contribution in [2.24, 2.45) is 0 Å². The van der Waals surface area contributed by atoms with E-state index in [4.69, 9.17) is 0 Å². The number of aryl methyl sites for hydroxylation is 2. The van der Waals surface area contributed by atoms with Gasteiger partial charge in [0.05, 0.1) is 12.2 Å². The van der Waals surface area contributed by atoms with Gasteiger partial charge in [0.1, 0.15) is 5.82 Å². The Labute approximate surface area is 118 Å². The molecule has 0 saturated carbocycles. The fraction of sp³-hybridized carbons (Fsp3) is 0.500. The summed E-state index contributed by atoms with van der Waals surface area (Å²) in [5.41, 5.74) is 2.14. The Morgan fingerprint density at radius 2 is 2.30 bits per heavy atom. The number of imidazole rings is 1. The van der Waals surface area contributed by atoms with E-state index in [0.717, 1.165) is 36.3 Å². The molecule has 0 bridgehead atoms. The molecule has 1 atom stereocenters. The van der Waals surface area contributed by atoms with Gasteiger partial charge in [-0.1, -0.05) is 6.92 Å². The maximum absolute atomic E-state index is 11.9. The smallest absolute Gasteiger partial charge is 0.220 e. The fourth-order valence-electron chi connectivity index (χ4n) is 2.11.